The molecule has 6 aliphatic rings. The van der Waals surface area contributed by atoms with E-state index < -0.39 is 133 Å². The molecule has 0 aromatic rings. The van der Waals surface area contributed by atoms with Crippen LogP contribution in [0.5, 0.6) is 0 Å². The maximum atomic E-state index is 12.6. The molecule has 764 valence electrons. The first-order valence-corrected chi connectivity index (χ1v) is 51.6. The molecule has 6 fully saturated rings. The number of alkyl halides is 2. The van der Waals surface area contributed by atoms with E-state index in [2.05, 4.69) is 103 Å². The molecule has 9 unspecified atom stereocenters. The number of aliphatic carboxylic acids is 1. The second-order valence-corrected chi connectivity index (χ2v) is 52.6. The van der Waals surface area contributed by atoms with E-state index in [-0.39, 0.29) is 80.7 Å². The first-order chi connectivity index (χ1) is 58.7. The highest BCUT2D eigenvalue weighted by molar-refractivity contribution is 9.12. The zero-order valence-electron chi connectivity index (χ0n) is 85.5. The molecule has 0 heterocycles. The van der Waals surface area contributed by atoms with Gasteiger partial charge in [-0.2, -0.15) is 0 Å². The second kappa shape index (κ2) is 55.0. The Morgan fingerprint density at radius 1 is 0.371 bits per heavy atom. The lowest BCUT2D eigenvalue weighted by Crippen LogP contribution is -2.48. The third-order valence-electron chi connectivity index (χ3n) is 20.3. The number of halogens is 2. The fourth-order valence-electron chi connectivity index (χ4n) is 13.0. The predicted molar refractivity (Wildman–Crippen MR) is 540 cm³/mol. The van der Waals surface area contributed by atoms with Gasteiger partial charge in [0.2, 0.25) is 0 Å². The number of nitrogens with two attached hydrogens (primary N) is 3. The van der Waals surface area contributed by atoms with Crippen LogP contribution in [-0.4, -0.2) is 168 Å². The summed E-state index contributed by atoms with van der Waals surface area (Å²) in [5, 5.41) is 13.0. The zero-order chi connectivity index (χ0) is 102. The molecule has 8 N–H and O–H groups in total. The van der Waals surface area contributed by atoms with Crippen molar-refractivity contribution in [1.82, 2.24) is 5.32 Å². The van der Waals surface area contributed by atoms with Gasteiger partial charge in [-0.15, -0.1) is 46.1 Å². The molecule has 0 aliphatic heterocycles. The largest absolute Gasteiger partial charge is 0.480 e. The highest BCUT2D eigenvalue weighted by atomic mass is 79.9. The summed E-state index contributed by atoms with van der Waals surface area (Å²) >= 11 is 6.85. The number of carbonyl (C=O) groups excluding carboxylic acids is 10. The Kier molecular flexibility index (Phi) is 54.8. The number of rotatable bonds is 36. The Labute approximate surface area is 815 Å². The summed E-state index contributed by atoms with van der Waals surface area (Å²) in [4.78, 5) is 131. The van der Waals surface area contributed by atoms with Gasteiger partial charge in [0.25, 0.3) is 0 Å². The molecule has 0 saturated heterocycles. The van der Waals surface area contributed by atoms with E-state index in [1.165, 1.54) is 6.42 Å². The van der Waals surface area contributed by atoms with Crippen LogP contribution in [0.3, 0.4) is 0 Å². The molecular formula is C103H182Br2N4O22Si. The Balaban J connectivity index is -0.000000717. The van der Waals surface area contributed by atoms with Gasteiger partial charge in [0.05, 0.1) is 6.61 Å². The number of carbonyl (C=O) groups is 11. The van der Waals surface area contributed by atoms with Gasteiger partial charge >= 0.3 is 65.8 Å². The van der Waals surface area contributed by atoms with Crippen molar-refractivity contribution in [3.05, 3.63) is 88.6 Å². The van der Waals surface area contributed by atoms with Crippen molar-refractivity contribution in [3.63, 3.8) is 0 Å². The number of nitrogens with one attached hydrogen (secondary N) is 1. The minimum Gasteiger partial charge on any atom is -0.480 e. The van der Waals surface area contributed by atoms with E-state index in [9.17, 15) is 57.8 Å². The minimum absolute atomic E-state index is 0. The first-order valence-electron chi connectivity index (χ1n) is 45.8. The van der Waals surface area contributed by atoms with Crippen LogP contribution in [0, 0.1) is 46.3 Å². The van der Waals surface area contributed by atoms with E-state index in [0.29, 0.717) is 37.1 Å². The van der Waals surface area contributed by atoms with Gasteiger partial charge in [-0.1, -0.05) is 109 Å². The average Bonchev–Trinajstić information content (AvgIpc) is 1.57. The molecule has 0 spiro atoms. The summed E-state index contributed by atoms with van der Waals surface area (Å²) in [7, 11) is -1.26. The second-order valence-electron chi connectivity index (χ2n) is 45.0. The standard InChI is InChI=1S/C18H33NO4Si.C17H28O4.C13H20O4.3C12H21NO2.C11H20O4.C6H10Br2.2CH4/c1-8-9-10-14-13-18(14,15(20)23-17(2,3)4)19-16(21)22-11-12-24(5,6)7;1-8-9-10-12-11-17(12,13(18)20-15(2,3)4)14(19)21-16(5,6)7;1-5-6-7-9-8-13(9,10(14)15)11(16)17-12(2,3)4;3*1-5-6-7-9-8-12(9,13)10(14)15-11(2,3)4;1-10(2,3)14-8(12)7-9(13)15-11(4,5)6;1-2-3-4-6(8)5-7;;/h8,14H,1,9-13H2,2-7H3,(H,19,21);8,12H,1,9-11H2,2-7H3;5,9H,1,6-8H2,2-4H3,(H,14,15);3*5,9H,1,6-8,13H2,2-4H3;7H2,1-6H3;2,6H,1,3-5H2;2*1H4/t;;;9?,12-;9-,12-;;;;;/m...01...../s1. The van der Waals surface area contributed by atoms with Crippen molar-refractivity contribution in [2.45, 2.75) is 440 Å². The van der Waals surface area contributed by atoms with Crippen molar-refractivity contribution in [1.29, 1.82) is 0 Å². The maximum absolute atomic E-state index is 12.6. The molecule has 0 bridgehead atoms. The normalized spacial score (nSPS) is 23.4. The van der Waals surface area contributed by atoms with Crippen LogP contribution in [-0.2, 0) is 95.3 Å². The number of esters is 9. The van der Waals surface area contributed by atoms with Crippen LogP contribution < -0.4 is 22.5 Å². The Bertz CT molecular complexity index is 3570. The quantitative estimate of drug-likeness (QED) is 0.00971. The number of ether oxygens (including phenoxy) is 10. The van der Waals surface area contributed by atoms with Crippen LogP contribution in [0.2, 0.25) is 25.7 Å². The molecule has 1 amide bonds. The Morgan fingerprint density at radius 3 is 0.871 bits per heavy atom. The lowest BCUT2D eigenvalue weighted by atomic mass is 10.00. The highest BCUT2D eigenvalue weighted by Crippen LogP contribution is 2.59. The molecule has 6 rings (SSSR count). The summed E-state index contributed by atoms with van der Waals surface area (Å²) in [5.41, 5.74) is 7.43. The number of carboxylic acids is 1. The molecule has 6 aliphatic carbocycles. The predicted octanol–water partition coefficient (Wildman–Crippen LogP) is 22.6. The molecule has 12 atom stereocenters. The van der Waals surface area contributed by atoms with Crippen LogP contribution in [0.4, 0.5) is 4.79 Å². The van der Waals surface area contributed by atoms with Crippen LogP contribution >= 0.6 is 31.9 Å². The van der Waals surface area contributed by atoms with Gasteiger partial charge in [-0.05, 0) is 357 Å². The monoisotopic (exact) mass is 2010 g/mol. The van der Waals surface area contributed by atoms with Crippen molar-refractivity contribution < 1.29 is 105 Å². The summed E-state index contributed by atoms with van der Waals surface area (Å²) in [6.07, 6.45) is 28.0. The van der Waals surface area contributed by atoms with E-state index in [1.54, 1.807) is 116 Å². The third kappa shape index (κ3) is 53.1. The first kappa shape index (κ1) is 131. The zero-order valence-corrected chi connectivity index (χ0v) is 89.7. The van der Waals surface area contributed by atoms with Crippen molar-refractivity contribution in [2.75, 3.05) is 11.9 Å². The molecule has 6 saturated carbocycles. The van der Waals surface area contributed by atoms with Crippen LogP contribution in [0.15, 0.2) is 88.6 Å². The molecule has 26 nitrogen and oxygen atoms in total. The number of hydrogen-bond donors (Lipinski definition) is 5. The van der Waals surface area contributed by atoms with Crippen molar-refractivity contribution in [2.24, 2.45) is 63.5 Å². The van der Waals surface area contributed by atoms with Gasteiger partial charge in [0.1, 0.15) is 79.0 Å². The summed E-state index contributed by atoms with van der Waals surface area (Å²) in [6, 6.07) is 0.903. The highest BCUT2D eigenvalue weighted by Gasteiger charge is 2.70. The molecule has 0 radical (unpaired) electrons. The van der Waals surface area contributed by atoms with Crippen LogP contribution in [0.25, 0.3) is 0 Å². The summed E-state index contributed by atoms with van der Waals surface area (Å²) in [6.45, 7) is 81.4. The van der Waals surface area contributed by atoms with Gasteiger partial charge in [-0.25, -0.2) is 9.59 Å². The molecule has 132 heavy (non-hydrogen) atoms. The molecule has 29 heteroatoms. The number of hydrogen-bond acceptors (Lipinski definition) is 24. The number of alkyl carbamates (subject to hydrolysis) is 1. The fourth-order valence-corrected chi connectivity index (χ4v) is 14.3. The minimum atomic E-state index is -1.31. The van der Waals surface area contributed by atoms with Gasteiger partial charge in [-0.3, -0.25) is 43.2 Å². The lowest BCUT2D eigenvalue weighted by Gasteiger charge is -2.27. The van der Waals surface area contributed by atoms with Gasteiger partial charge in [0.15, 0.2) is 10.8 Å². The number of amides is 1. The smallest absolute Gasteiger partial charge is 0.408 e. The lowest BCUT2D eigenvalue weighted by molar-refractivity contribution is -0.179. The number of carboxylic acid groups (broad SMARTS) is 1. The SMILES string of the molecule is C.C.C=CCCC(Br)CBr.C=CCCC1CC1(C(=O)O)C(=O)OC(C)(C)C.C=CCCC1CC1(C(=O)OC(C)(C)C)C(=O)OC(C)(C)C.C=CCCC1CC1(N)C(=O)OC(C)(C)C.C=CCCC1CC1(NC(=O)OCC[Si](C)(C)C)C(=O)OC(C)(C)C.C=CCCC1C[C@@]1(N)C(=O)OC(C)(C)C.C=CCC[C@@H]1C[C@]1(N)C(=O)OC(C)(C)C.CC(C)(C)OC(=O)CC(=O)OC(C)(C)C. The van der Waals surface area contributed by atoms with E-state index in [1.807, 2.05) is 113 Å². The Hall–Kier alpha value is -6.79. The maximum Gasteiger partial charge on any atom is 0.408 e. The Morgan fingerprint density at radius 2 is 0.614 bits per heavy atom. The number of allylic oxidation sites excluding steroid dienone is 7. The third-order valence-corrected chi connectivity index (χ3v) is 24.4. The summed E-state index contributed by atoms with van der Waals surface area (Å²) in [5.74, 6) is -4.11. The fraction of sp³-hybridized carbons (Fsp3) is 0.757. The van der Waals surface area contributed by atoms with Crippen LogP contribution in [0.1, 0.15) is 337 Å². The van der Waals surface area contributed by atoms with Gasteiger partial charge < -0.3 is 75.0 Å². The van der Waals surface area contributed by atoms with Crippen molar-refractivity contribution in [3.8, 4) is 0 Å². The summed E-state index contributed by atoms with van der Waals surface area (Å²) < 4.78 is 52.7. The van der Waals surface area contributed by atoms with Gasteiger partial charge in [0, 0.05) is 18.2 Å². The average molecular weight is 2020 g/mol. The van der Waals surface area contributed by atoms with E-state index in [4.69, 9.17) is 64.6 Å². The molecule has 0 aromatic heterocycles. The molecular weight excluding hydrogens is 1830 g/mol. The van der Waals surface area contributed by atoms with E-state index in [0.717, 1.165) is 108 Å². The van der Waals surface area contributed by atoms with E-state index >= 15 is 0 Å². The molecule has 0 aromatic carbocycles. The topological polar surface area (TPSA) is 390 Å². The van der Waals surface area contributed by atoms with Crippen molar-refractivity contribution >= 4 is 106 Å².